The first-order chi connectivity index (χ1) is 6.74. The average molecular weight is 195 g/mol. The van der Waals surface area contributed by atoms with Crippen molar-refractivity contribution in [2.24, 2.45) is 22.1 Å². The Kier molecular flexibility index (Phi) is 8.11. The maximum Gasteiger partial charge on any atom is 0.0757 e. The van der Waals surface area contributed by atoms with Crippen LogP contribution in [0.15, 0.2) is 10.2 Å². The zero-order valence-electron chi connectivity index (χ0n) is 9.53. The number of nitrogens with zero attached hydrogens (tertiary/aromatic N) is 3. The van der Waals surface area contributed by atoms with Crippen molar-refractivity contribution < 1.29 is 0 Å². The monoisotopic (exact) mass is 195 g/mol. The maximum absolute atomic E-state index is 8.67. The van der Waals surface area contributed by atoms with Gasteiger partial charge in [-0.05, 0) is 18.8 Å². The minimum Gasteiger partial charge on any atom is -0.198 e. The van der Waals surface area contributed by atoms with Gasteiger partial charge in [-0.25, -0.2) is 0 Å². The molecule has 80 valence electrons. The summed E-state index contributed by atoms with van der Waals surface area (Å²) < 4.78 is 0. The molecular formula is C11H21N3. The molecule has 0 aliphatic carbocycles. The van der Waals surface area contributed by atoms with E-state index >= 15 is 0 Å². The second kappa shape index (κ2) is 8.68. The van der Waals surface area contributed by atoms with Gasteiger partial charge in [-0.15, -0.1) is 0 Å². The van der Waals surface area contributed by atoms with Crippen molar-refractivity contribution in [1.82, 2.24) is 0 Å². The molecule has 0 amide bonds. The van der Waals surface area contributed by atoms with Crippen molar-refractivity contribution >= 4 is 0 Å². The summed E-state index contributed by atoms with van der Waals surface area (Å²) in [7, 11) is 0. The van der Waals surface area contributed by atoms with Gasteiger partial charge in [0, 0.05) is 0 Å². The first-order valence-corrected chi connectivity index (χ1v) is 5.47. The number of hydrogen-bond acceptors (Lipinski definition) is 3. The topological polar surface area (TPSA) is 48.5 Å². The van der Waals surface area contributed by atoms with Crippen LogP contribution in [0.4, 0.5) is 0 Å². The van der Waals surface area contributed by atoms with Crippen LogP contribution in [0.5, 0.6) is 0 Å². The van der Waals surface area contributed by atoms with Gasteiger partial charge in [0.05, 0.1) is 25.1 Å². The molecule has 0 rings (SSSR count). The van der Waals surface area contributed by atoms with Crippen LogP contribution in [0.3, 0.4) is 0 Å². The number of rotatable bonds is 7. The molecule has 0 aromatic carbocycles. The van der Waals surface area contributed by atoms with Crippen molar-refractivity contribution in [3.05, 3.63) is 0 Å². The summed E-state index contributed by atoms with van der Waals surface area (Å²) >= 11 is 0. The highest BCUT2D eigenvalue weighted by Crippen LogP contribution is 2.06. The second-order valence-corrected chi connectivity index (χ2v) is 3.78. The van der Waals surface area contributed by atoms with Gasteiger partial charge in [-0.2, -0.15) is 15.5 Å². The van der Waals surface area contributed by atoms with E-state index in [1.165, 1.54) is 12.8 Å². The quantitative estimate of drug-likeness (QED) is 0.574. The second-order valence-electron chi connectivity index (χ2n) is 3.78. The van der Waals surface area contributed by atoms with Crippen molar-refractivity contribution in [1.29, 1.82) is 5.26 Å². The van der Waals surface area contributed by atoms with E-state index in [2.05, 4.69) is 30.1 Å². The average Bonchev–Trinajstić information content (AvgIpc) is 2.19. The lowest BCUT2D eigenvalue weighted by Crippen LogP contribution is -2.01. The van der Waals surface area contributed by atoms with E-state index in [0.29, 0.717) is 12.5 Å². The van der Waals surface area contributed by atoms with Crippen LogP contribution in [0.1, 0.15) is 40.0 Å². The number of nitriles is 1. The normalized spacial score (nSPS) is 15.3. The van der Waals surface area contributed by atoms with Gasteiger partial charge >= 0.3 is 0 Å². The minimum absolute atomic E-state index is 0.0419. The lowest BCUT2D eigenvalue weighted by atomic mass is 10.1. The van der Waals surface area contributed by atoms with Crippen molar-refractivity contribution in [2.45, 2.75) is 40.0 Å². The van der Waals surface area contributed by atoms with Crippen molar-refractivity contribution in [3.63, 3.8) is 0 Å². The molecule has 0 aliphatic rings. The summed E-state index contributed by atoms with van der Waals surface area (Å²) in [6.45, 7) is 7.73. The zero-order valence-corrected chi connectivity index (χ0v) is 9.53. The highest BCUT2D eigenvalue weighted by atomic mass is 15.1. The lowest BCUT2D eigenvalue weighted by molar-refractivity contribution is 0.518. The summed E-state index contributed by atoms with van der Waals surface area (Å²) in [6, 6.07) is 2.21. The molecule has 0 heterocycles. The van der Waals surface area contributed by atoms with E-state index < -0.39 is 0 Å². The highest BCUT2D eigenvalue weighted by Gasteiger charge is 2.02. The fourth-order valence-corrected chi connectivity index (χ4v) is 1.20. The number of azo groups is 1. The summed E-state index contributed by atoms with van der Waals surface area (Å²) in [6.07, 6.45) is 3.26. The Morgan fingerprint density at radius 1 is 1.21 bits per heavy atom. The van der Waals surface area contributed by atoms with Crippen LogP contribution >= 0.6 is 0 Å². The highest BCUT2D eigenvalue weighted by molar-refractivity contribution is 4.82. The predicted molar refractivity (Wildman–Crippen MR) is 58.1 cm³/mol. The van der Waals surface area contributed by atoms with Crippen LogP contribution in [0.2, 0.25) is 0 Å². The maximum atomic E-state index is 8.67. The predicted octanol–water partition coefficient (Wildman–Crippen LogP) is 3.42. The van der Waals surface area contributed by atoms with Gasteiger partial charge in [-0.1, -0.05) is 27.2 Å². The molecular weight excluding hydrogens is 174 g/mol. The Hall–Kier alpha value is -0.910. The fourth-order valence-electron chi connectivity index (χ4n) is 1.20. The molecule has 0 saturated carbocycles. The van der Waals surface area contributed by atoms with Crippen LogP contribution in [-0.2, 0) is 0 Å². The molecule has 0 aromatic rings. The van der Waals surface area contributed by atoms with Gasteiger partial charge in [0.15, 0.2) is 0 Å². The van der Waals surface area contributed by atoms with E-state index in [0.717, 1.165) is 13.0 Å². The van der Waals surface area contributed by atoms with E-state index in [1.807, 2.05) is 6.92 Å². The summed E-state index contributed by atoms with van der Waals surface area (Å²) in [5, 5.41) is 16.8. The molecule has 3 nitrogen and oxygen atoms in total. The van der Waals surface area contributed by atoms with Gasteiger partial charge in [-0.3, -0.25) is 0 Å². The molecule has 3 heteroatoms. The first kappa shape index (κ1) is 13.1. The Balaban J connectivity index is 3.58. The fraction of sp³-hybridized carbons (Fsp3) is 0.909. The Morgan fingerprint density at radius 3 is 2.36 bits per heavy atom. The van der Waals surface area contributed by atoms with Crippen LogP contribution in [0.25, 0.3) is 0 Å². The van der Waals surface area contributed by atoms with Gasteiger partial charge in [0.25, 0.3) is 0 Å². The SMILES string of the molecule is CCCC(C)CN=NCC(C#N)CC. The smallest absolute Gasteiger partial charge is 0.0757 e. The lowest BCUT2D eigenvalue weighted by Gasteiger charge is -2.04. The summed E-state index contributed by atoms with van der Waals surface area (Å²) in [5.41, 5.74) is 0. The molecule has 0 saturated heterocycles. The Morgan fingerprint density at radius 2 is 1.86 bits per heavy atom. The minimum atomic E-state index is 0.0419. The molecule has 14 heavy (non-hydrogen) atoms. The zero-order chi connectivity index (χ0) is 10.8. The molecule has 0 N–H and O–H groups in total. The Bertz CT molecular complexity index is 193. The molecule has 0 bridgehead atoms. The molecule has 0 aliphatic heterocycles. The van der Waals surface area contributed by atoms with Crippen LogP contribution in [-0.4, -0.2) is 13.1 Å². The van der Waals surface area contributed by atoms with Gasteiger partial charge in [0.2, 0.25) is 0 Å². The van der Waals surface area contributed by atoms with Crippen LogP contribution in [0, 0.1) is 23.2 Å². The number of hydrogen-bond donors (Lipinski definition) is 0. The van der Waals surface area contributed by atoms with Crippen LogP contribution < -0.4 is 0 Å². The summed E-state index contributed by atoms with van der Waals surface area (Å²) in [4.78, 5) is 0. The first-order valence-electron chi connectivity index (χ1n) is 5.47. The molecule has 0 radical (unpaired) electrons. The van der Waals surface area contributed by atoms with Crippen molar-refractivity contribution in [2.75, 3.05) is 13.1 Å². The van der Waals surface area contributed by atoms with Gasteiger partial charge in [0.1, 0.15) is 0 Å². The molecule has 0 spiro atoms. The molecule has 2 unspecified atom stereocenters. The molecule has 0 aromatic heterocycles. The largest absolute Gasteiger partial charge is 0.198 e. The third-order valence-electron chi connectivity index (χ3n) is 2.25. The third kappa shape index (κ3) is 6.59. The van der Waals surface area contributed by atoms with E-state index in [-0.39, 0.29) is 5.92 Å². The van der Waals surface area contributed by atoms with Crippen molar-refractivity contribution in [3.8, 4) is 6.07 Å². The van der Waals surface area contributed by atoms with E-state index in [9.17, 15) is 0 Å². The van der Waals surface area contributed by atoms with E-state index in [4.69, 9.17) is 5.26 Å². The Labute approximate surface area is 87.2 Å². The van der Waals surface area contributed by atoms with Gasteiger partial charge < -0.3 is 0 Å². The van der Waals surface area contributed by atoms with E-state index in [1.54, 1.807) is 0 Å². The summed E-state index contributed by atoms with van der Waals surface area (Å²) in [5.74, 6) is 0.658. The molecule has 2 atom stereocenters. The standard InChI is InChI=1S/C11H21N3/c1-4-6-10(3)8-13-14-9-11(5-2)7-12/h10-11H,4-6,8-9H2,1-3H3. The third-order valence-corrected chi connectivity index (χ3v) is 2.25. The molecule has 0 fully saturated rings.